The highest BCUT2D eigenvalue weighted by atomic mass is 32.1. The van der Waals surface area contributed by atoms with E-state index in [-0.39, 0.29) is 0 Å². The molecule has 1 aromatic rings. The van der Waals surface area contributed by atoms with Crippen molar-refractivity contribution in [2.24, 2.45) is 0 Å². The first kappa shape index (κ1) is 15.8. The Morgan fingerprint density at radius 3 is 2.04 bits per heavy atom. The minimum absolute atomic E-state index is 0.348. The van der Waals surface area contributed by atoms with Crippen LogP contribution in [0, 0.1) is 6.92 Å². The molecule has 0 spiro atoms. The Balaban J connectivity index is 2.08. The highest BCUT2D eigenvalue weighted by molar-refractivity contribution is 7.12. The van der Waals surface area contributed by atoms with E-state index >= 15 is 0 Å². The number of carbonyl (C=O) groups is 2. The molecule has 6 heteroatoms. The van der Waals surface area contributed by atoms with Crippen LogP contribution in [-0.2, 0) is 19.1 Å². The summed E-state index contributed by atoms with van der Waals surface area (Å²) in [6.45, 7) is 2.00. The van der Waals surface area contributed by atoms with Gasteiger partial charge < -0.3 is 14.4 Å². The van der Waals surface area contributed by atoms with Gasteiger partial charge in [-0.15, -0.1) is 11.3 Å². The molecule has 0 amide bonds. The lowest BCUT2D eigenvalue weighted by molar-refractivity contribution is -0.137. The molecule has 122 valence electrons. The van der Waals surface area contributed by atoms with Crippen molar-refractivity contribution in [3.63, 3.8) is 0 Å². The van der Waals surface area contributed by atoms with Gasteiger partial charge >= 0.3 is 11.9 Å². The maximum atomic E-state index is 12.3. The van der Waals surface area contributed by atoms with Crippen LogP contribution in [0.1, 0.15) is 28.5 Å². The molecular formula is C17H19NO4S. The summed E-state index contributed by atoms with van der Waals surface area (Å²) in [5.41, 5.74) is 0.952. The van der Waals surface area contributed by atoms with Gasteiger partial charge in [-0.1, -0.05) is 0 Å². The first-order valence-corrected chi connectivity index (χ1v) is 8.30. The maximum Gasteiger partial charge on any atom is 0.336 e. The minimum Gasteiger partial charge on any atom is -0.466 e. The zero-order chi connectivity index (χ0) is 16.6. The molecule has 0 aromatic carbocycles. The molecular weight excluding hydrogens is 314 g/mol. The SMILES string of the molecule is COC(=O)C1=CN(C2CC2)C=C(C(=O)OC)C1c1ccc(C)s1. The molecule has 0 atom stereocenters. The summed E-state index contributed by atoms with van der Waals surface area (Å²) in [6.07, 6.45) is 5.74. The highest BCUT2D eigenvalue weighted by Crippen LogP contribution is 2.42. The van der Waals surface area contributed by atoms with E-state index in [1.807, 2.05) is 36.4 Å². The van der Waals surface area contributed by atoms with Crippen LogP contribution in [0.5, 0.6) is 0 Å². The van der Waals surface area contributed by atoms with Crippen LogP contribution >= 0.6 is 11.3 Å². The fourth-order valence-electron chi connectivity index (χ4n) is 2.75. The number of thiophene rings is 1. The van der Waals surface area contributed by atoms with Crippen molar-refractivity contribution in [3.05, 3.63) is 45.4 Å². The average Bonchev–Trinajstić information content (AvgIpc) is 3.33. The number of carbonyl (C=O) groups excluding carboxylic acids is 2. The van der Waals surface area contributed by atoms with Gasteiger partial charge in [0.2, 0.25) is 0 Å². The number of methoxy groups -OCH3 is 2. The van der Waals surface area contributed by atoms with Gasteiger partial charge in [-0.25, -0.2) is 9.59 Å². The van der Waals surface area contributed by atoms with Crippen molar-refractivity contribution in [1.29, 1.82) is 0 Å². The Labute approximate surface area is 139 Å². The van der Waals surface area contributed by atoms with Crippen molar-refractivity contribution >= 4 is 23.3 Å². The highest BCUT2D eigenvalue weighted by Gasteiger charge is 2.39. The van der Waals surface area contributed by atoms with E-state index in [1.54, 1.807) is 11.3 Å². The zero-order valence-corrected chi connectivity index (χ0v) is 14.2. The van der Waals surface area contributed by atoms with Crippen molar-refractivity contribution in [2.75, 3.05) is 14.2 Å². The molecule has 0 N–H and O–H groups in total. The zero-order valence-electron chi connectivity index (χ0n) is 13.4. The predicted octanol–water partition coefficient (Wildman–Crippen LogP) is 2.73. The molecule has 0 unspecified atom stereocenters. The Kier molecular flexibility index (Phi) is 4.26. The molecule has 1 saturated carbocycles. The monoisotopic (exact) mass is 333 g/mol. The molecule has 1 aromatic heterocycles. The predicted molar refractivity (Wildman–Crippen MR) is 86.9 cm³/mol. The molecule has 2 aliphatic rings. The lowest BCUT2D eigenvalue weighted by Gasteiger charge is -2.29. The smallest absolute Gasteiger partial charge is 0.336 e. The van der Waals surface area contributed by atoms with E-state index in [1.165, 1.54) is 14.2 Å². The van der Waals surface area contributed by atoms with E-state index < -0.39 is 17.9 Å². The van der Waals surface area contributed by atoms with E-state index in [4.69, 9.17) is 9.47 Å². The van der Waals surface area contributed by atoms with E-state index in [9.17, 15) is 9.59 Å². The number of hydrogen-bond donors (Lipinski definition) is 0. The van der Waals surface area contributed by atoms with Crippen LogP contribution in [-0.4, -0.2) is 37.1 Å². The third-order valence-electron chi connectivity index (χ3n) is 4.05. The van der Waals surface area contributed by atoms with Gasteiger partial charge in [-0.3, -0.25) is 0 Å². The average molecular weight is 333 g/mol. The Hall–Kier alpha value is -2.08. The molecule has 0 bridgehead atoms. The molecule has 0 saturated heterocycles. The van der Waals surface area contributed by atoms with E-state index in [0.29, 0.717) is 17.2 Å². The molecule has 1 aliphatic carbocycles. The van der Waals surface area contributed by atoms with Crippen LogP contribution in [0.2, 0.25) is 0 Å². The lowest BCUT2D eigenvalue weighted by atomic mass is 9.88. The minimum atomic E-state index is -0.441. The number of nitrogens with zero attached hydrogens (tertiary/aromatic N) is 1. The summed E-state index contributed by atoms with van der Waals surface area (Å²) < 4.78 is 9.90. The number of hydrogen-bond acceptors (Lipinski definition) is 6. The largest absolute Gasteiger partial charge is 0.466 e. The summed E-state index contributed by atoms with van der Waals surface area (Å²) in [6, 6.07) is 4.28. The standard InChI is InChI=1S/C17H19NO4S/c1-10-4-7-14(23-10)15-12(16(19)21-2)8-18(11-5-6-11)9-13(15)17(20)22-3/h4,7-9,11,15H,5-6H2,1-3H3. The fourth-order valence-corrected chi connectivity index (χ4v) is 3.77. The van der Waals surface area contributed by atoms with Gasteiger partial charge in [-0.05, 0) is 31.9 Å². The van der Waals surface area contributed by atoms with E-state index in [2.05, 4.69) is 0 Å². The van der Waals surface area contributed by atoms with Crippen molar-refractivity contribution < 1.29 is 19.1 Å². The second-order valence-electron chi connectivity index (χ2n) is 5.71. The van der Waals surface area contributed by atoms with Crippen LogP contribution in [0.25, 0.3) is 0 Å². The summed E-state index contributed by atoms with van der Waals surface area (Å²) >= 11 is 1.57. The maximum absolute atomic E-state index is 12.3. The van der Waals surface area contributed by atoms with E-state index in [0.717, 1.165) is 22.6 Å². The van der Waals surface area contributed by atoms with Gasteiger partial charge in [0.05, 0.1) is 31.3 Å². The third kappa shape index (κ3) is 3.03. The number of aryl methyl sites for hydroxylation is 1. The summed E-state index contributed by atoms with van der Waals surface area (Å²) in [7, 11) is 2.72. The summed E-state index contributed by atoms with van der Waals surface area (Å²) in [5, 5.41) is 0. The molecule has 2 heterocycles. The van der Waals surface area contributed by atoms with Crippen molar-refractivity contribution in [1.82, 2.24) is 4.90 Å². The Bertz CT molecular complexity index is 665. The molecule has 1 fully saturated rings. The number of esters is 2. The van der Waals surface area contributed by atoms with Gasteiger partial charge in [0, 0.05) is 28.2 Å². The normalized spacial score (nSPS) is 18.3. The lowest BCUT2D eigenvalue weighted by Crippen LogP contribution is -2.29. The topological polar surface area (TPSA) is 55.8 Å². The van der Waals surface area contributed by atoms with Crippen LogP contribution < -0.4 is 0 Å². The first-order valence-electron chi connectivity index (χ1n) is 7.49. The molecule has 5 nitrogen and oxygen atoms in total. The third-order valence-corrected chi connectivity index (χ3v) is 5.12. The molecule has 3 rings (SSSR count). The van der Waals surface area contributed by atoms with Gasteiger partial charge in [0.15, 0.2) is 0 Å². The quantitative estimate of drug-likeness (QED) is 0.793. The van der Waals surface area contributed by atoms with Crippen molar-refractivity contribution in [3.8, 4) is 0 Å². The van der Waals surface area contributed by atoms with Crippen LogP contribution in [0.4, 0.5) is 0 Å². The van der Waals surface area contributed by atoms with Crippen LogP contribution in [0.15, 0.2) is 35.7 Å². The second-order valence-corrected chi connectivity index (χ2v) is 7.03. The molecule has 0 radical (unpaired) electrons. The second kappa shape index (κ2) is 6.20. The van der Waals surface area contributed by atoms with Gasteiger partial charge in [0.1, 0.15) is 0 Å². The molecule has 23 heavy (non-hydrogen) atoms. The number of rotatable bonds is 4. The van der Waals surface area contributed by atoms with Crippen LogP contribution in [0.3, 0.4) is 0 Å². The Morgan fingerprint density at radius 2 is 1.65 bits per heavy atom. The first-order chi connectivity index (χ1) is 11.0. The molecule has 1 aliphatic heterocycles. The fraction of sp³-hybridized carbons (Fsp3) is 0.412. The number of ether oxygens (including phenoxy) is 2. The Morgan fingerprint density at radius 1 is 1.09 bits per heavy atom. The summed E-state index contributed by atoms with van der Waals surface area (Å²) in [5.74, 6) is -1.27. The summed E-state index contributed by atoms with van der Waals surface area (Å²) in [4.78, 5) is 28.6. The van der Waals surface area contributed by atoms with Gasteiger partial charge in [-0.2, -0.15) is 0 Å². The van der Waals surface area contributed by atoms with Gasteiger partial charge in [0.25, 0.3) is 0 Å². The van der Waals surface area contributed by atoms with Crippen molar-refractivity contribution in [2.45, 2.75) is 31.7 Å².